The quantitative estimate of drug-likeness (QED) is 0.638. The molecule has 2 rings (SSSR count). The smallest absolute Gasteiger partial charge is 0.189 e. The summed E-state index contributed by atoms with van der Waals surface area (Å²) in [6, 6.07) is 4.01. The first kappa shape index (κ1) is 11.2. The fourth-order valence-electron chi connectivity index (χ4n) is 1.56. The number of aromatic nitrogens is 2. The van der Waals surface area contributed by atoms with Crippen molar-refractivity contribution >= 4 is 17.6 Å². The number of hydrogen-bond acceptors (Lipinski definition) is 5. The van der Waals surface area contributed by atoms with Gasteiger partial charge in [-0.3, -0.25) is 0 Å². The van der Waals surface area contributed by atoms with Gasteiger partial charge in [0, 0.05) is 23.9 Å². The number of rotatable bonds is 4. The molecule has 84 valence electrons. The SMILES string of the molecule is Cc1cc(N)nc(SCC2(CC#N)CC2)n1. The first-order valence-electron chi connectivity index (χ1n) is 5.24. The van der Waals surface area contributed by atoms with Crippen LogP contribution in [0.5, 0.6) is 0 Å². The predicted molar refractivity (Wildman–Crippen MR) is 63.8 cm³/mol. The van der Waals surface area contributed by atoms with Crippen molar-refractivity contribution in [1.29, 1.82) is 5.26 Å². The number of hydrogen-bond donors (Lipinski definition) is 1. The highest BCUT2D eigenvalue weighted by Crippen LogP contribution is 2.51. The van der Waals surface area contributed by atoms with Crippen LogP contribution in [0.4, 0.5) is 5.82 Å². The summed E-state index contributed by atoms with van der Waals surface area (Å²) in [5, 5.41) is 9.44. The van der Waals surface area contributed by atoms with Crippen molar-refractivity contribution in [3.8, 4) is 6.07 Å². The summed E-state index contributed by atoms with van der Waals surface area (Å²) >= 11 is 1.60. The third-order valence-corrected chi connectivity index (χ3v) is 3.97. The minimum atomic E-state index is 0.223. The number of nitrogens with two attached hydrogens (primary N) is 1. The Balaban J connectivity index is 1.97. The summed E-state index contributed by atoms with van der Waals surface area (Å²) in [5.41, 5.74) is 6.77. The fraction of sp³-hybridized carbons (Fsp3) is 0.545. The molecule has 0 amide bonds. The van der Waals surface area contributed by atoms with Gasteiger partial charge >= 0.3 is 0 Å². The Morgan fingerprint density at radius 2 is 2.31 bits per heavy atom. The van der Waals surface area contributed by atoms with Crippen LogP contribution in [0.2, 0.25) is 0 Å². The van der Waals surface area contributed by atoms with E-state index in [1.165, 1.54) is 0 Å². The second kappa shape index (κ2) is 4.30. The van der Waals surface area contributed by atoms with Gasteiger partial charge in [-0.25, -0.2) is 9.97 Å². The number of nitrogen functional groups attached to an aromatic ring is 1. The van der Waals surface area contributed by atoms with Gasteiger partial charge in [0.2, 0.25) is 0 Å². The van der Waals surface area contributed by atoms with E-state index in [0.29, 0.717) is 12.2 Å². The van der Waals surface area contributed by atoms with E-state index >= 15 is 0 Å². The molecule has 1 fully saturated rings. The summed E-state index contributed by atoms with van der Waals surface area (Å²) in [6.07, 6.45) is 2.94. The second-order valence-corrected chi connectivity index (χ2v) is 5.28. The monoisotopic (exact) mass is 234 g/mol. The van der Waals surface area contributed by atoms with Gasteiger partial charge < -0.3 is 5.73 Å². The molecule has 0 spiro atoms. The van der Waals surface area contributed by atoms with Gasteiger partial charge in [0.05, 0.1) is 6.07 Å². The van der Waals surface area contributed by atoms with E-state index < -0.39 is 0 Å². The summed E-state index contributed by atoms with van der Waals surface area (Å²) in [6.45, 7) is 1.91. The molecule has 0 radical (unpaired) electrons. The Hall–Kier alpha value is -1.28. The van der Waals surface area contributed by atoms with Crippen molar-refractivity contribution in [2.45, 2.75) is 31.3 Å². The fourth-order valence-corrected chi connectivity index (χ4v) is 2.77. The minimum absolute atomic E-state index is 0.223. The van der Waals surface area contributed by atoms with Crippen LogP contribution in [0.3, 0.4) is 0 Å². The zero-order valence-electron chi connectivity index (χ0n) is 9.23. The molecule has 2 N–H and O–H groups in total. The Morgan fingerprint density at radius 1 is 1.56 bits per heavy atom. The third-order valence-electron chi connectivity index (χ3n) is 2.77. The lowest BCUT2D eigenvalue weighted by molar-refractivity contribution is 0.603. The normalized spacial score (nSPS) is 16.8. The van der Waals surface area contributed by atoms with E-state index in [9.17, 15) is 0 Å². The predicted octanol–water partition coefficient (Wildman–Crippen LogP) is 2.15. The summed E-state index contributed by atoms with van der Waals surface area (Å²) < 4.78 is 0. The third kappa shape index (κ3) is 2.64. The zero-order valence-corrected chi connectivity index (χ0v) is 10.0. The van der Waals surface area contributed by atoms with Crippen LogP contribution in [0, 0.1) is 23.7 Å². The molecular formula is C11H14N4S. The first-order chi connectivity index (χ1) is 7.63. The standard InChI is InChI=1S/C11H14N4S/c1-8-6-9(13)15-10(14-8)16-7-11(2-3-11)4-5-12/h6H,2-4,7H2,1H3,(H2,13,14,15). The van der Waals surface area contributed by atoms with E-state index in [1.54, 1.807) is 17.8 Å². The number of thioether (sulfide) groups is 1. The Labute approximate surface area is 99.3 Å². The molecule has 16 heavy (non-hydrogen) atoms. The van der Waals surface area contributed by atoms with Gasteiger partial charge in [-0.2, -0.15) is 5.26 Å². The van der Waals surface area contributed by atoms with Crippen LogP contribution in [0.25, 0.3) is 0 Å². The molecule has 1 saturated carbocycles. The highest BCUT2D eigenvalue weighted by molar-refractivity contribution is 7.99. The molecule has 1 heterocycles. The number of nitrogens with zero attached hydrogens (tertiary/aromatic N) is 3. The molecule has 0 atom stereocenters. The largest absolute Gasteiger partial charge is 0.384 e. The van der Waals surface area contributed by atoms with E-state index in [4.69, 9.17) is 11.0 Å². The molecule has 1 aliphatic rings. The molecule has 0 bridgehead atoms. The topological polar surface area (TPSA) is 75.6 Å². The Morgan fingerprint density at radius 3 is 2.88 bits per heavy atom. The van der Waals surface area contributed by atoms with E-state index in [-0.39, 0.29) is 5.41 Å². The molecule has 1 aromatic heterocycles. The van der Waals surface area contributed by atoms with E-state index in [2.05, 4.69) is 16.0 Å². The van der Waals surface area contributed by atoms with Crippen LogP contribution in [0.1, 0.15) is 25.0 Å². The van der Waals surface area contributed by atoms with Crippen LogP contribution in [0.15, 0.2) is 11.2 Å². The zero-order chi connectivity index (χ0) is 11.6. The molecule has 4 nitrogen and oxygen atoms in total. The van der Waals surface area contributed by atoms with Crippen molar-refractivity contribution < 1.29 is 0 Å². The lowest BCUT2D eigenvalue weighted by Crippen LogP contribution is -2.04. The molecule has 0 unspecified atom stereocenters. The highest BCUT2D eigenvalue weighted by Gasteiger charge is 2.42. The van der Waals surface area contributed by atoms with Crippen LogP contribution >= 0.6 is 11.8 Å². The summed E-state index contributed by atoms with van der Waals surface area (Å²) in [5.74, 6) is 1.43. The van der Waals surface area contributed by atoms with Gasteiger partial charge in [0.1, 0.15) is 5.82 Å². The van der Waals surface area contributed by atoms with Gasteiger partial charge in [-0.15, -0.1) is 0 Å². The molecule has 1 aliphatic carbocycles. The van der Waals surface area contributed by atoms with Crippen LogP contribution in [-0.4, -0.2) is 15.7 Å². The number of aryl methyl sites for hydroxylation is 1. The lowest BCUT2D eigenvalue weighted by atomic mass is 10.1. The summed E-state index contributed by atoms with van der Waals surface area (Å²) in [7, 11) is 0. The molecule has 0 aromatic carbocycles. The van der Waals surface area contributed by atoms with Gasteiger partial charge in [0.25, 0.3) is 0 Å². The van der Waals surface area contributed by atoms with E-state index in [1.807, 2.05) is 6.92 Å². The minimum Gasteiger partial charge on any atom is -0.384 e. The van der Waals surface area contributed by atoms with Gasteiger partial charge in [-0.1, -0.05) is 11.8 Å². The van der Waals surface area contributed by atoms with Crippen molar-refractivity contribution in [1.82, 2.24) is 9.97 Å². The molecule has 1 aromatic rings. The molecule has 0 saturated heterocycles. The molecular weight excluding hydrogens is 220 g/mol. The van der Waals surface area contributed by atoms with Crippen LogP contribution in [-0.2, 0) is 0 Å². The van der Waals surface area contributed by atoms with Crippen molar-refractivity contribution in [2.75, 3.05) is 11.5 Å². The number of nitriles is 1. The number of anilines is 1. The molecule has 0 aliphatic heterocycles. The second-order valence-electron chi connectivity index (χ2n) is 4.34. The van der Waals surface area contributed by atoms with E-state index in [0.717, 1.165) is 29.4 Å². The highest BCUT2D eigenvalue weighted by atomic mass is 32.2. The van der Waals surface area contributed by atoms with Gasteiger partial charge in [-0.05, 0) is 25.2 Å². The first-order valence-corrected chi connectivity index (χ1v) is 6.23. The lowest BCUT2D eigenvalue weighted by Gasteiger charge is -2.09. The Bertz CT molecular complexity index is 414. The maximum atomic E-state index is 8.72. The van der Waals surface area contributed by atoms with Crippen molar-refractivity contribution in [2.24, 2.45) is 5.41 Å². The maximum absolute atomic E-state index is 8.72. The summed E-state index contributed by atoms with van der Waals surface area (Å²) in [4.78, 5) is 8.49. The van der Waals surface area contributed by atoms with Crippen molar-refractivity contribution in [3.63, 3.8) is 0 Å². The van der Waals surface area contributed by atoms with Gasteiger partial charge in [0.15, 0.2) is 5.16 Å². The maximum Gasteiger partial charge on any atom is 0.189 e. The van der Waals surface area contributed by atoms with Crippen LogP contribution < -0.4 is 5.73 Å². The molecule has 5 heteroatoms. The average molecular weight is 234 g/mol. The Kier molecular flexibility index (Phi) is 3.01. The average Bonchev–Trinajstić information content (AvgIpc) is 2.95. The van der Waals surface area contributed by atoms with Crippen molar-refractivity contribution in [3.05, 3.63) is 11.8 Å².